The van der Waals surface area contributed by atoms with Crippen molar-refractivity contribution in [1.82, 2.24) is 19.8 Å². The summed E-state index contributed by atoms with van der Waals surface area (Å²) < 4.78 is 0. The summed E-state index contributed by atoms with van der Waals surface area (Å²) in [6.45, 7) is 4.78. The van der Waals surface area contributed by atoms with Gasteiger partial charge in [-0.2, -0.15) is 0 Å². The van der Waals surface area contributed by atoms with Crippen molar-refractivity contribution in [3.8, 4) is 0 Å². The lowest BCUT2D eigenvalue weighted by molar-refractivity contribution is -0.136. The van der Waals surface area contributed by atoms with Gasteiger partial charge in [0, 0.05) is 57.6 Å². The van der Waals surface area contributed by atoms with Crippen molar-refractivity contribution in [1.29, 1.82) is 0 Å². The van der Waals surface area contributed by atoms with E-state index < -0.39 is 6.10 Å². The average Bonchev–Trinajstić information content (AvgIpc) is 2.75. The Balaban J connectivity index is 1.26. The monoisotopic (exact) mass is 381 g/mol. The van der Waals surface area contributed by atoms with Crippen LogP contribution in [0.15, 0.2) is 48.8 Å². The van der Waals surface area contributed by atoms with E-state index in [1.165, 1.54) is 0 Å². The molecule has 0 unspecified atom stereocenters. The van der Waals surface area contributed by atoms with Crippen LogP contribution in [0.2, 0.25) is 0 Å². The highest BCUT2D eigenvalue weighted by Crippen LogP contribution is 2.28. The van der Waals surface area contributed by atoms with Crippen molar-refractivity contribution in [2.75, 3.05) is 50.7 Å². The smallest absolute Gasteiger partial charge is 0.236 e. The lowest BCUT2D eigenvalue weighted by Gasteiger charge is -2.38. The van der Waals surface area contributed by atoms with E-state index in [1.807, 2.05) is 29.2 Å². The quantitative estimate of drug-likeness (QED) is 0.851. The van der Waals surface area contributed by atoms with E-state index in [9.17, 15) is 9.90 Å². The molecular weight excluding hydrogens is 354 g/mol. The van der Waals surface area contributed by atoms with Crippen molar-refractivity contribution in [3.05, 3.63) is 54.4 Å². The molecule has 7 heteroatoms. The van der Waals surface area contributed by atoms with Gasteiger partial charge in [-0.1, -0.05) is 30.3 Å². The Kier molecular flexibility index (Phi) is 5.83. The molecule has 28 heavy (non-hydrogen) atoms. The molecule has 4 rings (SSSR count). The van der Waals surface area contributed by atoms with Crippen molar-refractivity contribution in [2.45, 2.75) is 18.4 Å². The minimum atomic E-state index is -0.507. The Morgan fingerprint density at radius 1 is 1.00 bits per heavy atom. The molecule has 0 bridgehead atoms. The number of hydrogen-bond acceptors (Lipinski definition) is 6. The van der Waals surface area contributed by atoms with Gasteiger partial charge in [0.15, 0.2) is 0 Å². The van der Waals surface area contributed by atoms with Gasteiger partial charge in [0.1, 0.15) is 0 Å². The second-order valence-electron chi connectivity index (χ2n) is 7.52. The number of nitrogens with zero attached hydrogens (tertiary/aromatic N) is 5. The number of benzene rings is 1. The first-order chi connectivity index (χ1) is 13.7. The fourth-order valence-electron chi connectivity index (χ4n) is 4.10. The molecule has 2 fully saturated rings. The van der Waals surface area contributed by atoms with E-state index in [0.29, 0.717) is 19.6 Å². The molecule has 2 aromatic rings. The van der Waals surface area contributed by atoms with Gasteiger partial charge < -0.3 is 14.9 Å². The molecule has 0 spiro atoms. The molecule has 2 atom stereocenters. The molecule has 1 aromatic heterocycles. The molecule has 2 aliphatic rings. The van der Waals surface area contributed by atoms with Crippen LogP contribution >= 0.6 is 0 Å². The van der Waals surface area contributed by atoms with Crippen LogP contribution in [-0.2, 0) is 4.79 Å². The zero-order chi connectivity index (χ0) is 19.3. The predicted octanol–water partition coefficient (Wildman–Crippen LogP) is 0.976. The molecule has 148 valence electrons. The molecule has 1 amide bonds. The zero-order valence-electron chi connectivity index (χ0n) is 16.0. The van der Waals surface area contributed by atoms with Gasteiger partial charge in [-0.3, -0.25) is 9.69 Å². The van der Waals surface area contributed by atoms with Crippen molar-refractivity contribution >= 4 is 11.9 Å². The summed E-state index contributed by atoms with van der Waals surface area (Å²) >= 11 is 0. The molecular formula is C21H27N5O2. The molecule has 1 N–H and O–H groups in total. The maximum absolute atomic E-state index is 12.7. The number of amides is 1. The number of aromatic nitrogens is 2. The molecule has 0 saturated carbocycles. The third kappa shape index (κ3) is 4.31. The van der Waals surface area contributed by atoms with Crippen LogP contribution in [0.25, 0.3) is 0 Å². The Hall–Kier alpha value is -2.51. The van der Waals surface area contributed by atoms with Gasteiger partial charge in [0.05, 0.1) is 12.6 Å². The van der Waals surface area contributed by atoms with Crippen LogP contribution in [0.3, 0.4) is 0 Å². The Bertz CT molecular complexity index is 765. The summed E-state index contributed by atoms with van der Waals surface area (Å²) in [4.78, 5) is 27.5. The lowest BCUT2D eigenvalue weighted by atomic mass is 9.87. The average molecular weight is 381 g/mol. The normalized spacial score (nSPS) is 23.6. The Labute approximate surface area is 165 Å². The molecule has 0 radical (unpaired) electrons. The third-order valence-corrected chi connectivity index (χ3v) is 5.73. The van der Waals surface area contributed by atoms with Gasteiger partial charge in [0.25, 0.3) is 0 Å². The van der Waals surface area contributed by atoms with Crippen molar-refractivity contribution in [3.63, 3.8) is 0 Å². The third-order valence-electron chi connectivity index (χ3n) is 5.73. The zero-order valence-corrected chi connectivity index (χ0v) is 16.0. The van der Waals surface area contributed by atoms with Gasteiger partial charge in [-0.25, -0.2) is 9.97 Å². The van der Waals surface area contributed by atoms with Crippen molar-refractivity contribution < 1.29 is 9.90 Å². The van der Waals surface area contributed by atoms with Crippen LogP contribution < -0.4 is 4.90 Å². The minimum absolute atomic E-state index is 0.106. The van der Waals surface area contributed by atoms with E-state index in [4.69, 9.17) is 0 Å². The van der Waals surface area contributed by atoms with Crippen LogP contribution in [-0.4, -0.2) is 82.7 Å². The number of hydrogen-bond donors (Lipinski definition) is 1. The SMILES string of the molecule is O=C(CN1CCN(c2ncccn2)CC1)N1CC[C@@H](c2ccccc2)[C@H](O)C1. The second kappa shape index (κ2) is 8.67. The fraction of sp³-hybridized carbons (Fsp3) is 0.476. The number of anilines is 1. The van der Waals surface area contributed by atoms with Crippen LogP contribution in [0, 0.1) is 0 Å². The highest BCUT2D eigenvalue weighted by molar-refractivity contribution is 5.78. The summed E-state index contributed by atoms with van der Waals surface area (Å²) in [6, 6.07) is 11.9. The number of aliphatic hydroxyl groups excluding tert-OH is 1. The predicted molar refractivity (Wildman–Crippen MR) is 107 cm³/mol. The number of carbonyl (C=O) groups excluding carboxylic acids is 1. The Morgan fingerprint density at radius 2 is 1.71 bits per heavy atom. The number of piperazine rings is 1. The van der Waals surface area contributed by atoms with Gasteiger partial charge >= 0.3 is 0 Å². The fourth-order valence-corrected chi connectivity index (χ4v) is 4.10. The molecule has 2 saturated heterocycles. The molecule has 7 nitrogen and oxygen atoms in total. The minimum Gasteiger partial charge on any atom is -0.391 e. The number of carbonyl (C=O) groups is 1. The van der Waals surface area contributed by atoms with Crippen LogP contribution in [0.1, 0.15) is 17.9 Å². The highest BCUT2D eigenvalue weighted by atomic mass is 16.3. The number of piperidine rings is 1. The largest absolute Gasteiger partial charge is 0.391 e. The maximum atomic E-state index is 12.7. The lowest BCUT2D eigenvalue weighted by Crippen LogP contribution is -2.53. The topological polar surface area (TPSA) is 72.8 Å². The van der Waals surface area contributed by atoms with Gasteiger partial charge in [0.2, 0.25) is 11.9 Å². The number of likely N-dealkylation sites (tertiary alicyclic amines) is 1. The Morgan fingerprint density at radius 3 is 2.39 bits per heavy atom. The van der Waals surface area contributed by atoms with E-state index in [-0.39, 0.29) is 11.8 Å². The van der Waals surface area contributed by atoms with Gasteiger partial charge in [-0.05, 0) is 18.1 Å². The van der Waals surface area contributed by atoms with Crippen LogP contribution in [0.5, 0.6) is 0 Å². The van der Waals surface area contributed by atoms with Gasteiger partial charge in [-0.15, -0.1) is 0 Å². The first-order valence-electron chi connectivity index (χ1n) is 9.96. The number of aliphatic hydroxyl groups is 1. The summed E-state index contributed by atoms with van der Waals surface area (Å²) in [5.41, 5.74) is 1.15. The molecule has 1 aromatic carbocycles. The van der Waals surface area contributed by atoms with Crippen LogP contribution in [0.4, 0.5) is 5.95 Å². The van der Waals surface area contributed by atoms with E-state index in [1.54, 1.807) is 12.4 Å². The summed E-state index contributed by atoms with van der Waals surface area (Å²) in [5, 5.41) is 10.6. The summed E-state index contributed by atoms with van der Waals surface area (Å²) in [5.74, 6) is 0.967. The first kappa shape index (κ1) is 18.8. The second-order valence-corrected chi connectivity index (χ2v) is 7.52. The maximum Gasteiger partial charge on any atom is 0.236 e. The number of β-amino-alcohol motifs (C(OH)–C–C–N with tert-alkyl or cyclic N) is 1. The standard InChI is InChI=1S/C21H27N5O2/c27-19-15-26(10-7-18(19)17-5-2-1-3-6-17)20(28)16-24-11-13-25(14-12-24)21-22-8-4-9-23-21/h1-6,8-9,18-19,27H,7,10-16H2/t18-,19+/m0/s1. The van der Waals surface area contributed by atoms with E-state index in [2.05, 4.69) is 31.9 Å². The molecule has 2 aliphatic heterocycles. The van der Waals surface area contributed by atoms with E-state index in [0.717, 1.165) is 44.1 Å². The highest BCUT2D eigenvalue weighted by Gasteiger charge is 2.32. The first-order valence-corrected chi connectivity index (χ1v) is 9.96. The number of rotatable bonds is 4. The summed E-state index contributed by atoms with van der Waals surface area (Å²) in [7, 11) is 0. The van der Waals surface area contributed by atoms with E-state index >= 15 is 0 Å². The molecule has 0 aliphatic carbocycles. The summed E-state index contributed by atoms with van der Waals surface area (Å²) in [6.07, 6.45) is 3.80. The molecule has 3 heterocycles. The van der Waals surface area contributed by atoms with Crippen molar-refractivity contribution in [2.24, 2.45) is 0 Å².